The highest BCUT2D eigenvalue weighted by Crippen LogP contribution is 2.26. The molecule has 21 heavy (non-hydrogen) atoms. The number of rotatable bonds is 7. The van der Waals surface area contributed by atoms with Crippen LogP contribution in [-0.2, 0) is 13.1 Å². The zero-order chi connectivity index (χ0) is 15.1. The van der Waals surface area contributed by atoms with E-state index >= 15 is 0 Å². The minimum atomic E-state index is 0.682. The van der Waals surface area contributed by atoms with Gasteiger partial charge in [0.2, 0.25) is 0 Å². The monoisotopic (exact) mass is 322 g/mol. The number of benzene rings is 2. The van der Waals surface area contributed by atoms with E-state index in [2.05, 4.69) is 29.2 Å². The average molecular weight is 323 g/mol. The zero-order valence-corrected chi connectivity index (χ0v) is 13.4. The zero-order valence-electron chi connectivity index (χ0n) is 11.9. The van der Waals surface area contributed by atoms with Gasteiger partial charge in [0.25, 0.3) is 0 Å². The van der Waals surface area contributed by atoms with Crippen molar-refractivity contribution in [1.82, 2.24) is 4.90 Å². The second kappa shape index (κ2) is 8.40. The molecule has 2 aromatic rings. The predicted octanol–water partition coefficient (Wildman–Crippen LogP) is 4.34. The molecule has 0 saturated heterocycles. The predicted molar refractivity (Wildman–Crippen MR) is 90.7 cm³/mol. The first kappa shape index (κ1) is 16.3. The van der Waals surface area contributed by atoms with Crippen LogP contribution in [0.15, 0.2) is 48.5 Å². The lowest BCUT2D eigenvalue weighted by Gasteiger charge is -2.23. The molecule has 0 amide bonds. The van der Waals surface area contributed by atoms with Crippen molar-refractivity contribution in [2.75, 3.05) is 13.1 Å². The van der Waals surface area contributed by atoms with Gasteiger partial charge in [-0.1, -0.05) is 59.6 Å². The second-order valence-corrected chi connectivity index (χ2v) is 5.85. The van der Waals surface area contributed by atoms with Gasteiger partial charge in [-0.25, -0.2) is 0 Å². The Morgan fingerprint density at radius 1 is 0.857 bits per heavy atom. The van der Waals surface area contributed by atoms with Gasteiger partial charge in [0, 0.05) is 35.2 Å². The van der Waals surface area contributed by atoms with Gasteiger partial charge in [-0.15, -0.1) is 0 Å². The third-order valence-electron chi connectivity index (χ3n) is 3.37. The van der Waals surface area contributed by atoms with E-state index in [9.17, 15) is 0 Å². The van der Waals surface area contributed by atoms with Gasteiger partial charge in [0.15, 0.2) is 0 Å². The average Bonchev–Trinajstić information content (AvgIpc) is 2.49. The Hall–Kier alpha value is -1.06. The van der Waals surface area contributed by atoms with Crippen LogP contribution in [0.3, 0.4) is 0 Å². The van der Waals surface area contributed by atoms with Crippen LogP contribution in [-0.4, -0.2) is 18.0 Å². The minimum Gasteiger partial charge on any atom is -0.330 e. The molecule has 0 bridgehead atoms. The summed E-state index contributed by atoms with van der Waals surface area (Å²) in [7, 11) is 0. The fraction of sp³-hybridized carbons (Fsp3) is 0.294. The Kier molecular flexibility index (Phi) is 6.52. The van der Waals surface area contributed by atoms with Crippen molar-refractivity contribution in [3.05, 3.63) is 69.7 Å². The summed E-state index contributed by atoms with van der Waals surface area (Å²) in [5.41, 5.74) is 7.90. The molecule has 2 rings (SSSR count). The van der Waals surface area contributed by atoms with E-state index in [-0.39, 0.29) is 0 Å². The lowest BCUT2D eigenvalue weighted by atomic mass is 10.1. The Labute approximate surface area is 136 Å². The van der Waals surface area contributed by atoms with Gasteiger partial charge in [0.05, 0.1) is 0 Å². The molecule has 0 radical (unpaired) electrons. The molecule has 0 unspecified atom stereocenters. The molecule has 0 heterocycles. The van der Waals surface area contributed by atoms with Crippen LogP contribution in [0, 0.1) is 0 Å². The third kappa shape index (κ3) is 5.01. The summed E-state index contributed by atoms with van der Waals surface area (Å²) in [5.74, 6) is 0. The molecule has 0 aliphatic heterocycles. The quantitative estimate of drug-likeness (QED) is 0.821. The Bertz CT molecular complexity index is 538. The molecular formula is C17H20Cl2N2. The molecule has 0 saturated carbocycles. The molecule has 0 aromatic heterocycles. The highest BCUT2D eigenvalue weighted by Gasteiger charge is 2.12. The Morgan fingerprint density at radius 3 is 2.14 bits per heavy atom. The topological polar surface area (TPSA) is 29.3 Å². The first-order chi connectivity index (χ1) is 10.2. The van der Waals surface area contributed by atoms with Crippen molar-refractivity contribution in [2.24, 2.45) is 5.73 Å². The van der Waals surface area contributed by atoms with Crippen molar-refractivity contribution >= 4 is 23.2 Å². The maximum atomic E-state index is 6.27. The van der Waals surface area contributed by atoms with E-state index in [0.29, 0.717) is 16.6 Å². The summed E-state index contributed by atoms with van der Waals surface area (Å²) < 4.78 is 0. The Balaban J connectivity index is 2.12. The molecule has 0 aliphatic carbocycles. The molecule has 112 valence electrons. The van der Waals surface area contributed by atoms with E-state index in [1.165, 1.54) is 5.56 Å². The van der Waals surface area contributed by atoms with Crippen LogP contribution < -0.4 is 5.73 Å². The summed E-state index contributed by atoms with van der Waals surface area (Å²) >= 11 is 12.5. The molecule has 0 fully saturated rings. The van der Waals surface area contributed by atoms with Gasteiger partial charge in [-0.3, -0.25) is 4.90 Å². The van der Waals surface area contributed by atoms with Gasteiger partial charge in [0.1, 0.15) is 0 Å². The van der Waals surface area contributed by atoms with E-state index in [1.807, 2.05) is 24.3 Å². The molecule has 4 heteroatoms. The maximum absolute atomic E-state index is 6.27. The van der Waals surface area contributed by atoms with Crippen LogP contribution in [0.2, 0.25) is 10.0 Å². The van der Waals surface area contributed by atoms with Crippen LogP contribution in [0.4, 0.5) is 0 Å². The fourth-order valence-electron chi connectivity index (χ4n) is 2.28. The number of hydrogen-bond donors (Lipinski definition) is 1. The van der Waals surface area contributed by atoms with Gasteiger partial charge in [-0.2, -0.15) is 0 Å². The standard InChI is InChI=1S/C17H20Cl2N2/c18-16-8-4-9-17(19)15(16)13-21(11-5-10-20)12-14-6-2-1-3-7-14/h1-4,6-9H,5,10-13,20H2. The lowest BCUT2D eigenvalue weighted by Crippen LogP contribution is -2.26. The first-order valence-electron chi connectivity index (χ1n) is 7.10. The van der Waals surface area contributed by atoms with Crippen LogP contribution >= 0.6 is 23.2 Å². The first-order valence-corrected chi connectivity index (χ1v) is 7.85. The van der Waals surface area contributed by atoms with E-state index in [1.54, 1.807) is 0 Å². The summed E-state index contributed by atoms with van der Waals surface area (Å²) in [6.07, 6.45) is 0.953. The van der Waals surface area contributed by atoms with Crippen LogP contribution in [0.5, 0.6) is 0 Å². The lowest BCUT2D eigenvalue weighted by molar-refractivity contribution is 0.255. The Morgan fingerprint density at radius 2 is 1.52 bits per heavy atom. The molecule has 0 atom stereocenters. The van der Waals surface area contributed by atoms with Crippen LogP contribution in [0.25, 0.3) is 0 Å². The van der Waals surface area contributed by atoms with Crippen molar-refractivity contribution in [2.45, 2.75) is 19.5 Å². The highest BCUT2D eigenvalue weighted by molar-refractivity contribution is 6.35. The summed E-state index contributed by atoms with van der Waals surface area (Å²) in [5, 5.41) is 1.43. The smallest absolute Gasteiger partial charge is 0.0465 e. The van der Waals surface area contributed by atoms with E-state index < -0.39 is 0 Å². The molecule has 0 aliphatic rings. The van der Waals surface area contributed by atoms with Gasteiger partial charge in [-0.05, 0) is 30.7 Å². The maximum Gasteiger partial charge on any atom is 0.0465 e. The van der Waals surface area contributed by atoms with Gasteiger partial charge < -0.3 is 5.73 Å². The SMILES string of the molecule is NCCCN(Cc1ccccc1)Cc1c(Cl)cccc1Cl. The van der Waals surface area contributed by atoms with E-state index in [0.717, 1.165) is 31.6 Å². The van der Waals surface area contributed by atoms with Crippen molar-refractivity contribution in [1.29, 1.82) is 0 Å². The minimum absolute atomic E-state index is 0.682. The summed E-state index contributed by atoms with van der Waals surface area (Å²) in [6, 6.07) is 16.0. The largest absolute Gasteiger partial charge is 0.330 e. The summed E-state index contributed by atoms with van der Waals surface area (Å²) in [6.45, 7) is 3.20. The van der Waals surface area contributed by atoms with Crippen molar-refractivity contribution < 1.29 is 0 Å². The normalized spacial score (nSPS) is 11.0. The second-order valence-electron chi connectivity index (χ2n) is 5.04. The van der Waals surface area contributed by atoms with Crippen LogP contribution in [0.1, 0.15) is 17.5 Å². The highest BCUT2D eigenvalue weighted by atomic mass is 35.5. The molecule has 0 spiro atoms. The molecule has 2 nitrogen and oxygen atoms in total. The number of halogens is 2. The van der Waals surface area contributed by atoms with Gasteiger partial charge >= 0.3 is 0 Å². The number of nitrogens with two attached hydrogens (primary N) is 1. The fourth-order valence-corrected chi connectivity index (χ4v) is 2.79. The third-order valence-corrected chi connectivity index (χ3v) is 4.08. The number of nitrogens with zero attached hydrogens (tertiary/aromatic N) is 1. The van der Waals surface area contributed by atoms with Crippen molar-refractivity contribution in [3.63, 3.8) is 0 Å². The van der Waals surface area contributed by atoms with Crippen molar-refractivity contribution in [3.8, 4) is 0 Å². The molecule has 2 N–H and O–H groups in total. The molecule has 2 aromatic carbocycles. The molecular weight excluding hydrogens is 303 g/mol. The summed E-state index contributed by atoms with van der Waals surface area (Å²) in [4.78, 5) is 2.33. The van der Waals surface area contributed by atoms with E-state index in [4.69, 9.17) is 28.9 Å². The number of hydrogen-bond acceptors (Lipinski definition) is 2.